The largest absolute Gasteiger partial charge is 0.469 e. The molecule has 2 saturated carbocycles. The highest BCUT2D eigenvalue weighted by Gasteiger charge is 2.55. The number of esters is 1. The number of hydrogen-bond acceptors (Lipinski definition) is 2. The molecular weight excluding hydrogens is 176 g/mol. The van der Waals surface area contributed by atoms with Crippen LogP contribution >= 0.6 is 0 Å². The van der Waals surface area contributed by atoms with E-state index in [9.17, 15) is 4.79 Å². The van der Waals surface area contributed by atoms with Crippen LogP contribution in [0.1, 0.15) is 39.5 Å². The number of carbonyl (C=O) groups is 1. The van der Waals surface area contributed by atoms with Crippen molar-refractivity contribution < 1.29 is 9.53 Å². The molecule has 2 aliphatic rings. The topological polar surface area (TPSA) is 26.3 Å². The molecule has 0 amide bonds. The van der Waals surface area contributed by atoms with Crippen LogP contribution in [0.2, 0.25) is 0 Å². The summed E-state index contributed by atoms with van der Waals surface area (Å²) in [5.41, 5.74) is 0.549. The van der Waals surface area contributed by atoms with E-state index in [0.717, 1.165) is 24.7 Å². The van der Waals surface area contributed by atoms with Gasteiger partial charge in [-0.05, 0) is 42.9 Å². The standard InChI is InChI=1S/C12H20O2/c1-8(2)9-4-12(5-9)6-10(7-12)11(13)14-3/h8-10H,4-7H2,1-3H3. The van der Waals surface area contributed by atoms with E-state index in [1.807, 2.05) is 0 Å². The predicted molar refractivity (Wildman–Crippen MR) is 54.7 cm³/mol. The molecule has 2 fully saturated rings. The normalized spacial score (nSPS) is 40.6. The summed E-state index contributed by atoms with van der Waals surface area (Å²) in [7, 11) is 1.49. The Morgan fingerprint density at radius 2 is 1.86 bits per heavy atom. The molecule has 0 aromatic heterocycles. The van der Waals surface area contributed by atoms with Crippen LogP contribution < -0.4 is 0 Å². The Labute approximate surface area is 86.0 Å². The molecule has 2 aliphatic carbocycles. The van der Waals surface area contributed by atoms with Crippen LogP contribution in [0.15, 0.2) is 0 Å². The van der Waals surface area contributed by atoms with Crippen molar-refractivity contribution in [2.24, 2.45) is 23.2 Å². The first-order chi connectivity index (χ1) is 6.56. The van der Waals surface area contributed by atoms with Crippen LogP contribution in [0.4, 0.5) is 0 Å². The van der Waals surface area contributed by atoms with Gasteiger partial charge in [-0.1, -0.05) is 13.8 Å². The van der Waals surface area contributed by atoms with E-state index >= 15 is 0 Å². The average Bonchev–Trinajstić information content (AvgIpc) is 1.98. The van der Waals surface area contributed by atoms with Gasteiger partial charge in [-0.15, -0.1) is 0 Å². The molecule has 0 bridgehead atoms. The van der Waals surface area contributed by atoms with Gasteiger partial charge in [0.2, 0.25) is 0 Å². The van der Waals surface area contributed by atoms with Crippen molar-refractivity contribution in [3.8, 4) is 0 Å². The van der Waals surface area contributed by atoms with Gasteiger partial charge >= 0.3 is 5.97 Å². The number of rotatable bonds is 2. The van der Waals surface area contributed by atoms with Crippen LogP contribution in [0.25, 0.3) is 0 Å². The van der Waals surface area contributed by atoms with Crippen LogP contribution in [-0.2, 0) is 9.53 Å². The monoisotopic (exact) mass is 196 g/mol. The van der Waals surface area contributed by atoms with E-state index in [1.54, 1.807) is 0 Å². The van der Waals surface area contributed by atoms with Gasteiger partial charge in [0.25, 0.3) is 0 Å². The van der Waals surface area contributed by atoms with Gasteiger partial charge < -0.3 is 4.74 Å². The Morgan fingerprint density at radius 1 is 1.29 bits per heavy atom. The Morgan fingerprint density at radius 3 is 2.29 bits per heavy atom. The summed E-state index contributed by atoms with van der Waals surface area (Å²) in [6.07, 6.45) is 4.86. The molecular formula is C12H20O2. The molecule has 0 aromatic rings. The van der Waals surface area contributed by atoms with Gasteiger partial charge in [-0.25, -0.2) is 0 Å². The van der Waals surface area contributed by atoms with E-state index in [4.69, 9.17) is 4.74 Å². The lowest BCUT2D eigenvalue weighted by molar-refractivity contribution is -0.163. The predicted octanol–water partition coefficient (Wildman–Crippen LogP) is 2.62. The molecule has 0 radical (unpaired) electrons. The lowest BCUT2D eigenvalue weighted by Gasteiger charge is -2.58. The van der Waals surface area contributed by atoms with Gasteiger partial charge in [0, 0.05) is 0 Å². The van der Waals surface area contributed by atoms with Crippen LogP contribution in [-0.4, -0.2) is 13.1 Å². The van der Waals surface area contributed by atoms with Gasteiger partial charge in [0.05, 0.1) is 13.0 Å². The first kappa shape index (κ1) is 10.0. The van der Waals surface area contributed by atoms with Gasteiger partial charge in [0.15, 0.2) is 0 Å². The van der Waals surface area contributed by atoms with E-state index in [2.05, 4.69) is 13.8 Å². The van der Waals surface area contributed by atoms with Crippen molar-refractivity contribution in [2.45, 2.75) is 39.5 Å². The molecule has 0 N–H and O–H groups in total. The highest BCUT2D eigenvalue weighted by atomic mass is 16.5. The fourth-order valence-electron chi connectivity index (χ4n) is 3.18. The number of ether oxygens (including phenoxy) is 1. The van der Waals surface area contributed by atoms with E-state index in [1.165, 1.54) is 20.0 Å². The molecule has 0 atom stereocenters. The number of methoxy groups -OCH3 is 1. The van der Waals surface area contributed by atoms with Crippen molar-refractivity contribution in [2.75, 3.05) is 7.11 Å². The molecule has 80 valence electrons. The lowest BCUT2D eigenvalue weighted by atomic mass is 9.46. The third-order valence-electron chi connectivity index (χ3n) is 4.23. The zero-order valence-electron chi connectivity index (χ0n) is 9.38. The summed E-state index contributed by atoms with van der Waals surface area (Å²) in [5, 5.41) is 0. The Bertz CT molecular complexity index is 231. The van der Waals surface area contributed by atoms with Crippen LogP contribution in [0.5, 0.6) is 0 Å². The molecule has 2 rings (SSSR count). The van der Waals surface area contributed by atoms with Crippen LogP contribution in [0.3, 0.4) is 0 Å². The summed E-state index contributed by atoms with van der Waals surface area (Å²) in [6, 6.07) is 0. The van der Waals surface area contributed by atoms with Crippen molar-refractivity contribution in [1.29, 1.82) is 0 Å². The quantitative estimate of drug-likeness (QED) is 0.635. The number of hydrogen-bond donors (Lipinski definition) is 0. The zero-order valence-corrected chi connectivity index (χ0v) is 9.38. The number of carbonyl (C=O) groups excluding carboxylic acids is 1. The maximum Gasteiger partial charge on any atom is 0.308 e. The Balaban J connectivity index is 1.77. The van der Waals surface area contributed by atoms with Crippen molar-refractivity contribution in [3.05, 3.63) is 0 Å². The molecule has 0 heterocycles. The van der Waals surface area contributed by atoms with E-state index < -0.39 is 0 Å². The minimum atomic E-state index is 0.00335. The SMILES string of the molecule is COC(=O)C1CC2(C1)CC(C(C)C)C2. The molecule has 0 aliphatic heterocycles. The summed E-state index contributed by atoms with van der Waals surface area (Å²) < 4.78 is 4.75. The molecule has 0 unspecified atom stereocenters. The summed E-state index contributed by atoms with van der Waals surface area (Å²) in [4.78, 5) is 11.2. The van der Waals surface area contributed by atoms with Gasteiger partial charge in [0.1, 0.15) is 0 Å². The van der Waals surface area contributed by atoms with Crippen LogP contribution in [0, 0.1) is 23.2 Å². The van der Waals surface area contributed by atoms with Crippen molar-refractivity contribution in [3.63, 3.8) is 0 Å². The lowest BCUT2D eigenvalue weighted by Crippen LogP contribution is -2.51. The van der Waals surface area contributed by atoms with Gasteiger partial charge in [-0.3, -0.25) is 4.79 Å². The third-order valence-corrected chi connectivity index (χ3v) is 4.23. The fraction of sp³-hybridized carbons (Fsp3) is 0.917. The maximum atomic E-state index is 11.2. The third kappa shape index (κ3) is 1.45. The summed E-state index contributed by atoms with van der Waals surface area (Å²) in [6.45, 7) is 4.60. The second kappa shape index (κ2) is 3.25. The first-order valence-electron chi connectivity index (χ1n) is 5.64. The van der Waals surface area contributed by atoms with E-state index in [-0.39, 0.29) is 11.9 Å². The molecule has 2 nitrogen and oxygen atoms in total. The van der Waals surface area contributed by atoms with Crippen molar-refractivity contribution >= 4 is 5.97 Å². The second-order valence-corrected chi connectivity index (χ2v) is 5.54. The minimum absolute atomic E-state index is 0.00335. The highest BCUT2D eigenvalue weighted by Crippen LogP contribution is 2.62. The molecule has 1 spiro atoms. The summed E-state index contributed by atoms with van der Waals surface area (Å²) in [5.74, 6) is 1.95. The molecule has 14 heavy (non-hydrogen) atoms. The van der Waals surface area contributed by atoms with Crippen molar-refractivity contribution in [1.82, 2.24) is 0 Å². The maximum absolute atomic E-state index is 11.2. The smallest absolute Gasteiger partial charge is 0.308 e. The average molecular weight is 196 g/mol. The first-order valence-corrected chi connectivity index (χ1v) is 5.64. The van der Waals surface area contributed by atoms with Gasteiger partial charge in [-0.2, -0.15) is 0 Å². The fourth-order valence-corrected chi connectivity index (χ4v) is 3.18. The minimum Gasteiger partial charge on any atom is -0.469 e. The highest BCUT2D eigenvalue weighted by molar-refractivity contribution is 5.73. The molecule has 0 saturated heterocycles. The Hall–Kier alpha value is -0.530. The zero-order chi connectivity index (χ0) is 10.3. The molecule has 0 aromatic carbocycles. The Kier molecular flexibility index (Phi) is 2.32. The van der Waals surface area contributed by atoms with E-state index in [0.29, 0.717) is 5.41 Å². The molecule has 2 heteroatoms. The second-order valence-electron chi connectivity index (χ2n) is 5.54. The summed E-state index contributed by atoms with van der Waals surface area (Å²) >= 11 is 0.